The van der Waals surface area contributed by atoms with Crippen LogP contribution >= 0.6 is 11.3 Å². The summed E-state index contributed by atoms with van der Waals surface area (Å²) in [5.74, 6) is -0.200. The fourth-order valence-corrected chi connectivity index (χ4v) is 4.80. The van der Waals surface area contributed by atoms with Crippen molar-refractivity contribution in [2.45, 2.75) is 31.9 Å². The number of hydrogen-bond acceptors (Lipinski definition) is 6. The number of hydrogen-bond donors (Lipinski definition) is 2. The number of ether oxygens (including phenoxy) is 1. The first-order valence-corrected chi connectivity index (χ1v) is 10.6. The average molecular weight is 423 g/mol. The number of aromatic nitrogens is 1. The molecule has 2 aromatic heterocycles. The van der Waals surface area contributed by atoms with Gasteiger partial charge >= 0.3 is 0 Å². The monoisotopic (exact) mass is 422 g/mol. The minimum Gasteiger partial charge on any atom is -0.494 e. The molecule has 2 aliphatic rings. The Morgan fingerprint density at radius 3 is 3.07 bits per heavy atom. The molecule has 2 N–H and O–H groups in total. The van der Waals surface area contributed by atoms with Crippen LogP contribution in [0.3, 0.4) is 0 Å². The summed E-state index contributed by atoms with van der Waals surface area (Å²) < 4.78 is 5.32. The number of nitrogens with one attached hydrogen (secondary N) is 2. The minimum atomic E-state index is -0.253. The van der Waals surface area contributed by atoms with Gasteiger partial charge in [0.2, 0.25) is 11.8 Å². The molecule has 4 rings (SSSR count). The smallest absolute Gasteiger partial charge is 0.248 e. The number of anilines is 1. The van der Waals surface area contributed by atoms with Crippen molar-refractivity contribution in [1.29, 1.82) is 5.41 Å². The molecule has 154 valence electrons. The van der Waals surface area contributed by atoms with Crippen molar-refractivity contribution >= 4 is 34.4 Å². The van der Waals surface area contributed by atoms with Gasteiger partial charge in [0.05, 0.1) is 19.2 Å². The second-order valence-electron chi connectivity index (χ2n) is 7.12. The largest absolute Gasteiger partial charge is 0.494 e. The van der Waals surface area contributed by atoms with E-state index in [2.05, 4.69) is 10.3 Å². The van der Waals surface area contributed by atoms with Crippen molar-refractivity contribution in [3.8, 4) is 0 Å². The van der Waals surface area contributed by atoms with Crippen molar-refractivity contribution in [3.63, 3.8) is 0 Å². The van der Waals surface area contributed by atoms with Crippen LogP contribution in [0.2, 0.25) is 0 Å². The van der Waals surface area contributed by atoms with Crippen LogP contribution in [-0.2, 0) is 33.7 Å². The van der Waals surface area contributed by atoms with E-state index in [1.165, 1.54) is 23.6 Å². The Hall–Kier alpha value is -3.26. The predicted molar refractivity (Wildman–Crippen MR) is 116 cm³/mol. The maximum absolute atomic E-state index is 12.7. The molecule has 0 aromatic carbocycles. The molecule has 0 spiro atoms. The first kappa shape index (κ1) is 20.0. The van der Waals surface area contributed by atoms with Crippen LogP contribution in [0.5, 0.6) is 0 Å². The topological polar surface area (TPSA) is 95.4 Å². The van der Waals surface area contributed by atoms with E-state index >= 15 is 0 Å². The molecule has 0 saturated heterocycles. The standard InChI is InChI=1S/C22H22N4O3S/c23-12-18-17-7-9-26(21(28)11-15-3-1-8-24-13-15)14-19(17)30-22(18)25-20(27)6-5-16-4-2-10-29-16/h1-3,5-6,8,10,12-13,16,23H,4,7,9,11,14H2,(H,25,27)/b6-5+,23-12?. The van der Waals surface area contributed by atoms with Gasteiger partial charge in [-0.2, -0.15) is 0 Å². The highest BCUT2D eigenvalue weighted by Crippen LogP contribution is 2.36. The Balaban J connectivity index is 1.43. The molecule has 1 atom stereocenters. The van der Waals surface area contributed by atoms with Gasteiger partial charge in [0.25, 0.3) is 0 Å². The van der Waals surface area contributed by atoms with E-state index in [0.717, 1.165) is 28.0 Å². The molecule has 0 aliphatic carbocycles. The third-order valence-electron chi connectivity index (χ3n) is 5.09. The zero-order valence-corrected chi connectivity index (χ0v) is 17.2. The van der Waals surface area contributed by atoms with Crippen LogP contribution in [0.4, 0.5) is 5.00 Å². The highest BCUT2D eigenvalue weighted by Gasteiger charge is 2.26. The summed E-state index contributed by atoms with van der Waals surface area (Å²) in [4.78, 5) is 31.9. The molecule has 4 heterocycles. The lowest BCUT2D eigenvalue weighted by Gasteiger charge is -2.27. The lowest BCUT2D eigenvalue weighted by Crippen LogP contribution is -2.36. The predicted octanol–water partition coefficient (Wildman–Crippen LogP) is 3.07. The van der Waals surface area contributed by atoms with Gasteiger partial charge in [-0.1, -0.05) is 6.07 Å². The summed E-state index contributed by atoms with van der Waals surface area (Å²) >= 11 is 1.43. The number of carbonyl (C=O) groups is 2. The van der Waals surface area contributed by atoms with Crippen molar-refractivity contribution in [3.05, 3.63) is 70.6 Å². The Morgan fingerprint density at radius 2 is 2.33 bits per heavy atom. The van der Waals surface area contributed by atoms with E-state index in [0.29, 0.717) is 30.9 Å². The van der Waals surface area contributed by atoms with Gasteiger partial charge in [-0.05, 0) is 35.8 Å². The van der Waals surface area contributed by atoms with E-state index in [-0.39, 0.29) is 17.9 Å². The average Bonchev–Trinajstić information content (AvgIpc) is 3.39. The molecular formula is C22H22N4O3S. The van der Waals surface area contributed by atoms with Crippen LogP contribution in [0.25, 0.3) is 0 Å². The third-order valence-corrected chi connectivity index (χ3v) is 6.24. The third kappa shape index (κ3) is 4.49. The lowest BCUT2D eigenvalue weighted by molar-refractivity contribution is -0.131. The SMILES string of the molecule is N=Cc1c(NC(=O)/C=C/C2CC=CO2)sc2c1CCN(C(=O)Cc1cccnc1)C2. The first-order chi connectivity index (χ1) is 14.6. The molecule has 0 saturated carbocycles. The van der Waals surface area contributed by atoms with E-state index in [1.807, 2.05) is 23.1 Å². The second kappa shape index (κ2) is 9.04. The van der Waals surface area contributed by atoms with Crippen molar-refractivity contribution < 1.29 is 14.3 Å². The van der Waals surface area contributed by atoms with Crippen LogP contribution in [0, 0.1) is 5.41 Å². The molecule has 30 heavy (non-hydrogen) atoms. The van der Waals surface area contributed by atoms with Gasteiger partial charge in [-0.3, -0.25) is 14.6 Å². The quantitative estimate of drug-likeness (QED) is 0.552. The van der Waals surface area contributed by atoms with Crippen LogP contribution in [-0.4, -0.2) is 40.6 Å². The zero-order valence-electron chi connectivity index (χ0n) is 16.3. The number of amides is 2. The highest BCUT2D eigenvalue weighted by atomic mass is 32.1. The summed E-state index contributed by atoms with van der Waals surface area (Å²) in [5.41, 5.74) is 2.67. The summed E-state index contributed by atoms with van der Waals surface area (Å²) in [6.07, 6.45) is 13.1. The maximum Gasteiger partial charge on any atom is 0.248 e. The number of thiophene rings is 1. The van der Waals surface area contributed by atoms with Gasteiger partial charge in [0, 0.05) is 48.1 Å². The van der Waals surface area contributed by atoms with Crippen molar-refractivity contribution in [1.82, 2.24) is 9.88 Å². The minimum absolute atomic E-state index is 0.0529. The van der Waals surface area contributed by atoms with Gasteiger partial charge in [-0.25, -0.2) is 0 Å². The van der Waals surface area contributed by atoms with Gasteiger partial charge in [0.15, 0.2) is 0 Å². The summed E-state index contributed by atoms with van der Waals surface area (Å²) in [6.45, 7) is 1.09. The molecule has 0 radical (unpaired) electrons. The summed E-state index contributed by atoms with van der Waals surface area (Å²) in [6, 6.07) is 3.72. The van der Waals surface area contributed by atoms with E-state index in [4.69, 9.17) is 10.1 Å². The molecule has 1 unspecified atom stereocenters. The van der Waals surface area contributed by atoms with Crippen LogP contribution < -0.4 is 5.32 Å². The molecule has 2 amide bonds. The molecule has 7 nitrogen and oxygen atoms in total. The Bertz CT molecular complexity index is 1000. The van der Waals surface area contributed by atoms with E-state index in [9.17, 15) is 9.59 Å². The Kier molecular flexibility index (Phi) is 6.04. The maximum atomic E-state index is 12.7. The van der Waals surface area contributed by atoms with Gasteiger partial charge in [0.1, 0.15) is 11.1 Å². The number of fused-ring (bicyclic) bond motifs is 1. The molecule has 0 fully saturated rings. The van der Waals surface area contributed by atoms with Crippen molar-refractivity contribution in [2.75, 3.05) is 11.9 Å². The number of rotatable bonds is 6. The summed E-state index contributed by atoms with van der Waals surface area (Å²) in [5, 5.41) is 11.3. The fraction of sp³-hybridized carbons (Fsp3) is 0.273. The second-order valence-corrected chi connectivity index (χ2v) is 8.23. The zero-order chi connectivity index (χ0) is 20.9. The van der Waals surface area contributed by atoms with Gasteiger partial charge < -0.3 is 20.4 Å². The fourth-order valence-electron chi connectivity index (χ4n) is 3.55. The normalized spacial score (nSPS) is 17.6. The number of nitrogens with zero attached hydrogens (tertiary/aromatic N) is 2. The van der Waals surface area contributed by atoms with Crippen molar-refractivity contribution in [2.24, 2.45) is 0 Å². The highest BCUT2D eigenvalue weighted by molar-refractivity contribution is 7.17. The number of pyridine rings is 1. The molecular weight excluding hydrogens is 400 g/mol. The molecule has 8 heteroatoms. The Morgan fingerprint density at radius 1 is 1.43 bits per heavy atom. The van der Waals surface area contributed by atoms with E-state index < -0.39 is 0 Å². The van der Waals surface area contributed by atoms with Crippen LogP contribution in [0.15, 0.2) is 49.0 Å². The lowest BCUT2D eigenvalue weighted by atomic mass is 10.0. The van der Waals surface area contributed by atoms with E-state index in [1.54, 1.807) is 24.7 Å². The first-order valence-electron chi connectivity index (χ1n) is 9.75. The molecule has 2 aromatic rings. The molecule has 2 aliphatic heterocycles. The van der Waals surface area contributed by atoms with Crippen LogP contribution in [0.1, 0.15) is 28.0 Å². The molecule has 0 bridgehead atoms. The summed E-state index contributed by atoms with van der Waals surface area (Å²) in [7, 11) is 0. The Labute approximate surface area is 178 Å². The van der Waals surface area contributed by atoms with Gasteiger partial charge in [-0.15, -0.1) is 11.3 Å². The number of carbonyl (C=O) groups excluding carboxylic acids is 2.